The molecule has 184 valence electrons. The van der Waals surface area contributed by atoms with Crippen LogP contribution in [0.3, 0.4) is 0 Å². The summed E-state index contributed by atoms with van der Waals surface area (Å²) in [6, 6.07) is 16.7. The molecule has 0 fully saturated rings. The summed E-state index contributed by atoms with van der Waals surface area (Å²) < 4.78 is 23.0. The lowest BCUT2D eigenvalue weighted by Gasteiger charge is -2.37. The number of halogens is 1. The van der Waals surface area contributed by atoms with Gasteiger partial charge in [-0.1, -0.05) is 17.7 Å². The van der Waals surface area contributed by atoms with Crippen LogP contribution in [0.1, 0.15) is 28.3 Å². The van der Waals surface area contributed by atoms with Crippen molar-refractivity contribution in [2.24, 2.45) is 0 Å². The standard InChI is InChI=1S/C28H30ClNO5/c1-18-11-19(2)13-23(12-18)34-16-25-24-15-27(33-4)26(32-3)14-20(24)9-10-30(25)28(31)17-35-22-7-5-21(29)6-8-22/h5-8,11-15,25H,9-10,16-17H2,1-4H3/t25-/m1/s1. The number of ether oxygens (including phenoxy) is 4. The summed E-state index contributed by atoms with van der Waals surface area (Å²) in [5.74, 6) is 2.55. The minimum absolute atomic E-state index is 0.0791. The quantitative estimate of drug-likeness (QED) is 0.409. The van der Waals surface area contributed by atoms with Gasteiger partial charge in [-0.3, -0.25) is 4.79 Å². The van der Waals surface area contributed by atoms with Crippen molar-refractivity contribution in [2.75, 3.05) is 34.0 Å². The van der Waals surface area contributed by atoms with Gasteiger partial charge in [-0.15, -0.1) is 0 Å². The summed E-state index contributed by atoms with van der Waals surface area (Å²) in [5, 5.41) is 0.615. The van der Waals surface area contributed by atoms with Gasteiger partial charge in [0.1, 0.15) is 18.1 Å². The topological polar surface area (TPSA) is 57.2 Å². The van der Waals surface area contributed by atoms with Gasteiger partial charge >= 0.3 is 0 Å². The summed E-state index contributed by atoms with van der Waals surface area (Å²) >= 11 is 5.95. The molecule has 0 saturated heterocycles. The third-order valence-electron chi connectivity index (χ3n) is 6.10. The van der Waals surface area contributed by atoms with E-state index in [9.17, 15) is 4.79 Å². The lowest BCUT2D eigenvalue weighted by atomic mass is 9.92. The lowest BCUT2D eigenvalue weighted by molar-refractivity contribution is -0.137. The van der Waals surface area contributed by atoms with Crippen LogP contribution in [-0.2, 0) is 11.2 Å². The maximum absolute atomic E-state index is 13.3. The Hall–Kier alpha value is -3.38. The smallest absolute Gasteiger partial charge is 0.261 e. The molecule has 0 aromatic heterocycles. The first-order chi connectivity index (χ1) is 16.9. The Balaban J connectivity index is 1.60. The molecule has 4 rings (SSSR count). The number of fused-ring (bicyclic) bond motifs is 1. The first-order valence-electron chi connectivity index (χ1n) is 11.5. The molecule has 1 aliphatic heterocycles. The van der Waals surface area contributed by atoms with E-state index in [-0.39, 0.29) is 18.6 Å². The van der Waals surface area contributed by atoms with Gasteiger partial charge in [-0.2, -0.15) is 0 Å². The van der Waals surface area contributed by atoms with Crippen LogP contribution in [-0.4, -0.2) is 44.8 Å². The molecule has 0 unspecified atom stereocenters. The molecule has 0 radical (unpaired) electrons. The van der Waals surface area contributed by atoms with E-state index in [1.807, 2.05) is 43.0 Å². The predicted octanol–water partition coefficient (Wildman–Crippen LogP) is 5.56. The fourth-order valence-corrected chi connectivity index (χ4v) is 4.58. The zero-order valence-corrected chi connectivity index (χ0v) is 21.2. The van der Waals surface area contributed by atoms with E-state index < -0.39 is 0 Å². The third-order valence-corrected chi connectivity index (χ3v) is 6.35. The maximum atomic E-state index is 13.3. The SMILES string of the molecule is COc1cc2c(cc1OC)[C@@H](COc1cc(C)cc(C)c1)N(C(=O)COc1ccc(Cl)cc1)CC2. The fraction of sp³-hybridized carbons (Fsp3) is 0.321. The largest absolute Gasteiger partial charge is 0.493 e. The summed E-state index contributed by atoms with van der Waals surface area (Å²) in [5.41, 5.74) is 4.34. The van der Waals surface area contributed by atoms with E-state index in [0.717, 1.165) is 28.0 Å². The van der Waals surface area contributed by atoms with Gasteiger partial charge in [0, 0.05) is 11.6 Å². The maximum Gasteiger partial charge on any atom is 0.261 e. The molecule has 0 spiro atoms. The second kappa shape index (κ2) is 10.9. The lowest BCUT2D eigenvalue weighted by Crippen LogP contribution is -2.44. The molecule has 0 aliphatic carbocycles. The number of amides is 1. The van der Waals surface area contributed by atoms with Gasteiger partial charge in [-0.05, 0) is 91.1 Å². The minimum Gasteiger partial charge on any atom is -0.493 e. The zero-order valence-electron chi connectivity index (χ0n) is 20.5. The Morgan fingerprint density at radius 2 is 1.57 bits per heavy atom. The minimum atomic E-state index is -0.305. The number of hydrogen-bond donors (Lipinski definition) is 0. The number of aryl methyl sites for hydroxylation is 2. The summed E-state index contributed by atoms with van der Waals surface area (Å²) in [6.07, 6.45) is 0.697. The van der Waals surface area contributed by atoms with E-state index >= 15 is 0 Å². The third kappa shape index (κ3) is 5.82. The molecule has 6 nitrogen and oxygen atoms in total. The van der Waals surface area contributed by atoms with Crippen LogP contribution < -0.4 is 18.9 Å². The molecule has 1 amide bonds. The number of nitrogens with zero attached hydrogens (tertiary/aromatic N) is 1. The normalized spacial score (nSPS) is 14.8. The van der Waals surface area contributed by atoms with Crippen molar-refractivity contribution in [3.8, 4) is 23.0 Å². The molecule has 0 saturated carbocycles. The molecule has 1 atom stereocenters. The first-order valence-corrected chi connectivity index (χ1v) is 11.9. The van der Waals surface area contributed by atoms with Crippen LogP contribution in [0.4, 0.5) is 0 Å². The van der Waals surface area contributed by atoms with Gasteiger partial charge in [0.05, 0.1) is 20.3 Å². The van der Waals surface area contributed by atoms with Crippen molar-refractivity contribution < 1.29 is 23.7 Å². The highest BCUT2D eigenvalue weighted by Gasteiger charge is 2.33. The fourth-order valence-electron chi connectivity index (χ4n) is 4.46. The number of carbonyl (C=O) groups excluding carboxylic acids is 1. The Labute approximate surface area is 211 Å². The van der Waals surface area contributed by atoms with E-state index in [1.54, 1.807) is 38.5 Å². The molecular formula is C28H30ClNO5. The Bertz CT molecular complexity index is 1170. The van der Waals surface area contributed by atoms with Gasteiger partial charge in [0.2, 0.25) is 0 Å². The highest BCUT2D eigenvalue weighted by molar-refractivity contribution is 6.30. The monoisotopic (exact) mass is 495 g/mol. The molecule has 3 aromatic carbocycles. The van der Waals surface area contributed by atoms with Crippen LogP contribution in [0.15, 0.2) is 54.6 Å². The molecule has 3 aromatic rings. The van der Waals surface area contributed by atoms with Gasteiger partial charge in [0.25, 0.3) is 5.91 Å². The molecule has 35 heavy (non-hydrogen) atoms. The first kappa shape index (κ1) is 24.7. The zero-order chi connectivity index (χ0) is 24.9. The summed E-state index contributed by atoms with van der Waals surface area (Å²) in [7, 11) is 3.23. The highest BCUT2D eigenvalue weighted by atomic mass is 35.5. The molecule has 0 bridgehead atoms. The average molecular weight is 496 g/mol. The number of hydrogen-bond acceptors (Lipinski definition) is 5. The van der Waals surface area contributed by atoms with Crippen LogP contribution >= 0.6 is 11.6 Å². The second-order valence-corrected chi connectivity index (χ2v) is 9.07. The van der Waals surface area contributed by atoms with Crippen LogP contribution in [0.25, 0.3) is 0 Å². The van der Waals surface area contributed by atoms with E-state index in [4.69, 9.17) is 30.5 Å². The highest BCUT2D eigenvalue weighted by Crippen LogP contribution is 2.38. The van der Waals surface area contributed by atoms with Crippen molar-refractivity contribution in [3.63, 3.8) is 0 Å². The average Bonchev–Trinajstić information content (AvgIpc) is 2.85. The van der Waals surface area contributed by atoms with Gasteiger partial charge < -0.3 is 23.8 Å². The summed E-state index contributed by atoms with van der Waals surface area (Å²) in [4.78, 5) is 15.1. The Morgan fingerprint density at radius 1 is 0.914 bits per heavy atom. The van der Waals surface area contributed by atoms with Crippen LogP contribution in [0, 0.1) is 13.8 Å². The van der Waals surface area contributed by atoms with Crippen molar-refractivity contribution in [1.29, 1.82) is 0 Å². The van der Waals surface area contributed by atoms with E-state index in [1.165, 1.54) is 0 Å². The number of benzene rings is 3. The van der Waals surface area contributed by atoms with Crippen molar-refractivity contribution in [3.05, 3.63) is 81.9 Å². The van der Waals surface area contributed by atoms with Crippen LogP contribution in [0.2, 0.25) is 5.02 Å². The van der Waals surface area contributed by atoms with Gasteiger partial charge in [0.15, 0.2) is 18.1 Å². The Morgan fingerprint density at radius 3 is 2.23 bits per heavy atom. The van der Waals surface area contributed by atoms with Crippen molar-refractivity contribution >= 4 is 17.5 Å². The number of carbonyl (C=O) groups is 1. The Kier molecular flexibility index (Phi) is 7.71. The molecule has 1 heterocycles. The number of rotatable bonds is 8. The van der Waals surface area contributed by atoms with Gasteiger partial charge in [-0.25, -0.2) is 0 Å². The number of methoxy groups -OCH3 is 2. The molecule has 7 heteroatoms. The molecular weight excluding hydrogens is 466 g/mol. The summed E-state index contributed by atoms with van der Waals surface area (Å²) in [6.45, 7) is 4.85. The van der Waals surface area contributed by atoms with E-state index in [2.05, 4.69) is 6.07 Å². The second-order valence-electron chi connectivity index (χ2n) is 8.64. The van der Waals surface area contributed by atoms with Crippen molar-refractivity contribution in [1.82, 2.24) is 4.90 Å². The molecule has 0 N–H and O–H groups in total. The molecule has 1 aliphatic rings. The predicted molar refractivity (Wildman–Crippen MR) is 136 cm³/mol. The van der Waals surface area contributed by atoms with Crippen molar-refractivity contribution in [2.45, 2.75) is 26.3 Å². The van der Waals surface area contributed by atoms with E-state index in [0.29, 0.717) is 41.8 Å². The van der Waals surface area contributed by atoms with Crippen LogP contribution in [0.5, 0.6) is 23.0 Å².